The largest absolute Gasteiger partial charge is 0.508 e. The number of benzene rings is 2. The molecule has 0 fully saturated rings. The van der Waals surface area contributed by atoms with Crippen LogP contribution in [0.15, 0.2) is 36.4 Å². The second-order valence-electron chi connectivity index (χ2n) is 4.39. The normalized spacial score (nSPS) is 16.8. The average molecular weight is 263 g/mol. The summed E-state index contributed by atoms with van der Waals surface area (Å²) in [5.41, 5.74) is 1.20. The van der Waals surface area contributed by atoms with Crippen molar-refractivity contribution < 1.29 is 18.6 Å². The van der Waals surface area contributed by atoms with Gasteiger partial charge in [0.1, 0.15) is 29.7 Å². The molecular weight excluding hydrogens is 252 g/mol. The summed E-state index contributed by atoms with van der Waals surface area (Å²) in [5.74, 6) is -0.565. The standard InChI is InChI=1S/C14H11F2NO2/c15-8-3-9(16)5-10(4-8)17-13-7-19-14-6-11(18)1-2-12(13)14/h1-6,13,17-18H,7H2. The lowest BCUT2D eigenvalue weighted by molar-refractivity contribution is 0.338. The van der Waals surface area contributed by atoms with Crippen LogP contribution in [0.2, 0.25) is 0 Å². The van der Waals surface area contributed by atoms with Gasteiger partial charge in [-0.15, -0.1) is 0 Å². The third-order valence-corrected chi connectivity index (χ3v) is 2.98. The van der Waals surface area contributed by atoms with E-state index in [0.29, 0.717) is 18.0 Å². The molecule has 0 spiro atoms. The number of rotatable bonds is 2. The number of hydrogen-bond acceptors (Lipinski definition) is 3. The first-order valence-electron chi connectivity index (χ1n) is 5.80. The first-order chi connectivity index (χ1) is 9.11. The Morgan fingerprint density at radius 2 is 1.84 bits per heavy atom. The van der Waals surface area contributed by atoms with Crippen molar-refractivity contribution in [1.82, 2.24) is 0 Å². The molecule has 1 aliphatic rings. The third-order valence-electron chi connectivity index (χ3n) is 2.98. The van der Waals surface area contributed by atoms with E-state index >= 15 is 0 Å². The number of nitrogens with one attached hydrogen (secondary N) is 1. The highest BCUT2D eigenvalue weighted by molar-refractivity contribution is 5.51. The molecule has 0 aromatic heterocycles. The first-order valence-corrected chi connectivity index (χ1v) is 5.80. The van der Waals surface area contributed by atoms with Gasteiger partial charge in [-0.25, -0.2) is 8.78 Å². The molecule has 2 aromatic carbocycles. The van der Waals surface area contributed by atoms with Gasteiger partial charge < -0.3 is 15.2 Å². The van der Waals surface area contributed by atoms with Gasteiger partial charge in [-0.3, -0.25) is 0 Å². The van der Waals surface area contributed by atoms with Gasteiger partial charge in [0.05, 0.1) is 6.04 Å². The van der Waals surface area contributed by atoms with Gasteiger partial charge in [0.25, 0.3) is 0 Å². The Bertz CT molecular complexity index is 611. The van der Waals surface area contributed by atoms with Gasteiger partial charge in [0, 0.05) is 23.4 Å². The molecule has 0 bridgehead atoms. The van der Waals surface area contributed by atoms with Crippen molar-refractivity contribution in [3.05, 3.63) is 53.6 Å². The van der Waals surface area contributed by atoms with Crippen molar-refractivity contribution in [2.75, 3.05) is 11.9 Å². The predicted molar refractivity (Wildman–Crippen MR) is 66.3 cm³/mol. The molecule has 2 N–H and O–H groups in total. The zero-order chi connectivity index (χ0) is 13.4. The molecule has 0 radical (unpaired) electrons. The summed E-state index contributed by atoms with van der Waals surface area (Å²) in [5, 5.41) is 12.4. The molecule has 1 aliphatic heterocycles. The fourth-order valence-electron chi connectivity index (χ4n) is 2.16. The number of halogens is 2. The second-order valence-corrected chi connectivity index (χ2v) is 4.39. The Kier molecular flexibility index (Phi) is 2.74. The van der Waals surface area contributed by atoms with Crippen molar-refractivity contribution in [3.8, 4) is 11.5 Å². The summed E-state index contributed by atoms with van der Waals surface area (Å²) in [6.45, 7) is 0.344. The lowest BCUT2D eigenvalue weighted by Gasteiger charge is -2.13. The maximum atomic E-state index is 13.1. The monoisotopic (exact) mass is 263 g/mol. The topological polar surface area (TPSA) is 41.5 Å². The van der Waals surface area contributed by atoms with Crippen molar-refractivity contribution in [3.63, 3.8) is 0 Å². The summed E-state index contributed by atoms with van der Waals surface area (Å²) in [4.78, 5) is 0. The molecule has 2 aromatic rings. The smallest absolute Gasteiger partial charge is 0.128 e. The molecule has 1 heterocycles. The molecule has 0 amide bonds. The van der Waals surface area contributed by atoms with E-state index in [2.05, 4.69) is 5.32 Å². The number of anilines is 1. The minimum atomic E-state index is -0.632. The number of phenolic OH excluding ortho intramolecular Hbond substituents is 1. The summed E-state index contributed by atoms with van der Waals surface area (Å²) >= 11 is 0. The second kappa shape index (κ2) is 4.42. The molecule has 19 heavy (non-hydrogen) atoms. The lowest BCUT2D eigenvalue weighted by Crippen LogP contribution is -2.12. The van der Waals surface area contributed by atoms with Crippen LogP contribution in [-0.4, -0.2) is 11.7 Å². The number of aromatic hydroxyl groups is 1. The highest BCUT2D eigenvalue weighted by Crippen LogP contribution is 2.36. The summed E-state index contributed by atoms with van der Waals surface area (Å²) in [7, 11) is 0. The highest BCUT2D eigenvalue weighted by atomic mass is 19.1. The van der Waals surface area contributed by atoms with Crippen molar-refractivity contribution in [2.24, 2.45) is 0 Å². The third kappa shape index (κ3) is 2.31. The molecule has 3 rings (SSSR count). The molecule has 1 atom stereocenters. The van der Waals surface area contributed by atoms with Crippen molar-refractivity contribution in [1.29, 1.82) is 0 Å². The van der Waals surface area contributed by atoms with Gasteiger partial charge in [-0.05, 0) is 24.3 Å². The van der Waals surface area contributed by atoms with E-state index in [1.54, 1.807) is 12.1 Å². The molecule has 5 heteroatoms. The molecule has 1 unspecified atom stereocenters. The van der Waals surface area contributed by atoms with Crippen molar-refractivity contribution >= 4 is 5.69 Å². The van der Waals surface area contributed by atoms with E-state index in [9.17, 15) is 13.9 Å². The van der Waals surface area contributed by atoms with Crippen LogP contribution in [0.3, 0.4) is 0 Å². The molecule has 3 nitrogen and oxygen atoms in total. The van der Waals surface area contributed by atoms with Crippen LogP contribution in [0.5, 0.6) is 11.5 Å². The van der Waals surface area contributed by atoms with Gasteiger partial charge in [0.2, 0.25) is 0 Å². The molecule has 0 saturated carbocycles. The van der Waals surface area contributed by atoms with E-state index in [-0.39, 0.29) is 11.8 Å². The van der Waals surface area contributed by atoms with Gasteiger partial charge in [-0.1, -0.05) is 0 Å². The molecule has 0 saturated heterocycles. The number of hydrogen-bond donors (Lipinski definition) is 2. The highest BCUT2D eigenvalue weighted by Gasteiger charge is 2.24. The Balaban J connectivity index is 1.86. The fraction of sp³-hybridized carbons (Fsp3) is 0.143. The van der Waals surface area contributed by atoms with E-state index in [1.807, 2.05) is 0 Å². The van der Waals surface area contributed by atoms with Gasteiger partial charge in [0.15, 0.2) is 0 Å². The van der Waals surface area contributed by atoms with Crippen LogP contribution in [0.25, 0.3) is 0 Å². The quantitative estimate of drug-likeness (QED) is 0.874. The van der Waals surface area contributed by atoms with E-state index in [4.69, 9.17) is 4.74 Å². The zero-order valence-corrected chi connectivity index (χ0v) is 9.86. The van der Waals surface area contributed by atoms with E-state index < -0.39 is 11.6 Å². The van der Waals surface area contributed by atoms with Crippen LogP contribution in [-0.2, 0) is 0 Å². The minimum Gasteiger partial charge on any atom is -0.508 e. The molecule has 98 valence electrons. The van der Waals surface area contributed by atoms with Crippen molar-refractivity contribution in [2.45, 2.75) is 6.04 Å². The number of ether oxygens (including phenoxy) is 1. The first kappa shape index (κ1) is 11.8. The number of phenols is 1. The van der Waals surface area contributed by atoms with Crippen LogP contribution in [0.4, 0.5) is 14.5 Å². The van der Waals surface area contributed by atoms with Crippen LogP contribution >= 0.6 is 0 Å². The minimum absolute atomic E-state index is 0.121. The van der Waals surface area contributed by atoms with Crippen LogP contribution in [0, 0.1) is 11.6 Å². The van der Waals surface area contributed by atoms with Crippen LogP contribution < -0.4 is 10.1 Å². The Morgan fingerprint density at radius 3 is 2.58 bits per heavy atom. The summed E-state index contributed by atoms with van der Waals surface area (Å²) < 4.78 is 31.6. The van der Waals surface area contributed by atoms with Crippen LogP contribution in [0.1, 0.15) is 11.6 Å². The Hall–Kier alpha value is -2.30. The van der Waals surface area contributed by atoms with E-state index in [1.165, 1.54) is 18.2 Å². The number of fused-ring (bicyclic) bond motifs is 1. The maximum absolute atomic E-state index is 13.1. The molecular formula is C14H11F2NO2. The SMILES string of the molecule is Oc1ccc2c(c1)OCC2Nc1cc(F)cc(F)c1. The summed E-state index contributed by atoms with van der Waals surface area (Å²) in [6, 6.07) is 7.87. The van der Waals surface area contributed by atoms with Gasteiger partial charge in [-0.2, -0.15) is 0 Å². The summed E-state index contributed by atoms with van der Waals surface area (Å²) in [6.07, 6.45) is 0. The zero-order valence-electron chi connectivity index (χ0n) is 9.86. The fourth-order valence-corrected chi connectivity index (χ4v) is 2.16. The van der Waals surface area contributed by atoms with E-state index in [0.717, 1.165) is 11.6 Å². The maximum Gasteiger partial charge on any atom is 0.128 e. The van der Waals surface area contributed by atoms with Gasteiger partial charge >= 0.3 is 0 Å². The average Bonchev–Trinajstić information content (AvgIpc) is 2.70. The lowest BCUT2D eigenvalue weighted by atomic mass is 10.1. The predicted octanol–water partition coefficient (Wildman–Crippen LogP) is 3.22. The Labute approximate surface area is 108 Å². The Morgan fingerprint density at radius 1 is 1.11 bits per heavy atom. The molecule has 0 aliphatic carbocycles.